The molecule has 0 aliphatic carbocycles. The van der Waals surface area contributed by atoms with Crippen molar-refractivity contribution in [3.8, 4) is 11.5 Å². The third-order valence-electron chi connectivity index (χ3n) is 2.50. The van der Waals surface area contributed by atoms with E-state index in [2.05, 4.69) is 17.9 Å². The Kier molecular flexibility index (Phi) is 6.17. The molecule has 0 aliphatic heterocycles. The molecule has 1 aromatic carbocycles. The van der Waals surface area contributed by atoms with Crippen LogP contribution in [0.1, 0.15) is 17.3 Å². The maximum atomic E-state index is 12.0. The van der Waals surface area contributed by atoms with Crippen molar-refractivity contribution in [1.29, 1.82) is 0 Å². The quantitative estimate of drug-likeness (QED) is 0.539. The summed E-state index contributed by atoms with van der Waals surface area (Å²) in [7, 11) is 1.38. The summed E-state index contributed by atoms with van der Waals surface area (Å²) in [5, 5.41) is 12.0. The molecule has 20 heavy (non-hydrogen) atoms. The van der Waals surface area contributed by atoms with Crippen LogP contribution in [0, 0.1) is 0 Å². The van der Waals surface area contributed by atoms with E-state index in [0.717, 1.165) is 0 Å². The molecule has 2 N–H and O–H groups in total. The molecule has 0 bridgehead atoms. The highest BCUT2D eigenvalue weighted by Gasteiger charge is 2.21. The van der Waals surface area contributed by atoms with Gasteiger partial charge in [-0.05, 0) is 25.1 Å². The van der Waals surface area contributed by atoms with Crippen LogP contribution < -0.4 is 10.1 Å². The highest BCUT2D eigenvalue weighted by atomic mass is 32.1. The summed E-state index contributed by atoms with van der Waals surface area (Å²) in [5.41, 5.74) is 0.260. The van der Waals surface area contributed by atoms with Crippen molar-refractivity contribution < 1.29 is 24.2 Å². The third-order valence-corrected chi connectivity index (χ3v) is 2.87. The average molecular weight is 299 g/mol. The molecule has 1 atom stereocenters. The lowest BCUT2D eigenvalue weighted by Crippen LogP contribution is -2.43. The van der Waals surface area contributed by atoms with Crippen LogP contribution in [0.15, 0.2) is 18.2 Å². The van der Waals surface area contributed by atoms with E-state index in [4.69, 9.17) is 9.47 Å². The molecule has 0 unspecified atom stereocenters. The van der Waals surface area contributed by atoms with Gasteiger partial charge in [-0.2, -0.15) is 12.6 Å². The van der Waals surface area contributed by atoms with Crippen LogP contribution in [-0.2, 0) is 9.53 Å². The molecule has 6 nitrogen and oxygen atoms in total. The topological polar surface area (TPSA) is 84.9 Å². The Labute approximate surface area is 122 Å². The molecule has 0 aliphatic rings. The van der Waals surface area contributed by atoms with Crippen LogP contribution >= 0.6 is 12.6 Å². The van der Waals surface area contributed by atoms with Crippen LogP contribution in [0.4, 0.5) is 0 Å². The first kappa shape index (κ1) is 16.2. The van der Waals surface area contributed by atoms with Crippen molar-refractivity contribution in [2.24, 2.45) is 0 Å². The first-order valence-corrected chi connectivity index (χ1v) is 6.62. The molecule has 110 valence electrons. The number of ether oxygens (including phenoxy) is 2. The molecule has 0 aromatic heterocycles. The Morgan fingerprint density at radius 2 is 2.15 bits per heavy atom. The number of amides is 1. The number of benzene rings is 1. The van der Waals surface area contributed by atoms with E-state index < -0.39 is 17.9 Å². The molecule has 0 saturated heterocycles. The van der Waals surface area contributed by atoms with Gasteiger partial charge in [-0.1, -0.05) is 0 Å². The predicted molar refractivity (Wildman–Crippen MR) is 76.4 cm³/mol. The van der Waals surface area contributed by atoms with E-state index in [0.29, 0.717) is 0 Å². The van der Waals surface area contributed by atoms with Gasteiger partial charge in [-0.25, -0.2) is 4.79 Å². The Hall–Kier alpha value is -1.89. The number of carbonyl (C=O) groups is 2. The highest BCUT2D eigenvalue weighted by molar-refractivity contribution is 7.80. The average Bonchev–Trinajstić information content (AvgIpc) is 2.45. The number of aromatic hydroxyl groups is 1. The SMILES string of the molecule is CCOC(=O)[C@H](CS)NC(=O)c1ccc(O)c(OC)c1. The van der Waals surface area contributed by atoms with Crippen molar-refractivity contribution in [3.63, 3.8) is 0 Å². The van der Waals surface area contributed by atoms with Crippen LogP contribution in [0.3, 0.4) is 0 Å². The zero-order valence-corrected chi connectivity index (χ0v) is 12.1. The van der Waals surface area contributed by atoms with Gasteiger partial charge in [-0.3, -0.25) is 4.79 Å². The van der Waals surface area contributed by atoms with E-state index in [9.17, 15) is 14.7 Å². The zero-order chi connectivity index (χ0) is 15.1. The van der Waals surface area contributed by atoms with Gasteiger partial charge in [0.05, 0.1) is 13.7 Å². The fourth-order valence-electron chi connectivity index (χ4n) is 1.48. The summed E-state index contributed by atoms with van der Waals surface area (Å²) in [6, 6.07) is 3.32. The second-order valence-corrected chi connectivity index (χ2v) is 4.21. The minimum absolute atomic E-state index is 0.0693. The van der Waals surface area contributed by atoms with Gasteiger partial charge in [0.15, 0.2) is 11.5 Å². The van der Waals surface area contributed by atoms with Gasteiger partial charge in [0.2, 0.25) is 0 Å². The maximum absolute atomic E-state index is 12.0. The number of methoxy groups -OCH3 is 1. The molecule has 0 saturated carbocycles. The second kappa shape index (κ2) is 7.64. The summed E-state index contributed by atoms with van der Waals surface area (Å²) in [5.74, 6) is -0.784. The molecule has 1 aromatic rings. The van der Waals surface area contributed by atoms with Gasteiger partial charge in [0, 0.05) is 11.3 Å². The summed E-state index contributed by atoms with van der Waals surface area (Å²) < 4.78 is 9.74. The summed E-state index contributed by atoms with van der Waals surface area (Å²) >= 11 is 4.01. The number of phenols is 1. The molecule has 1 rings (SSSR count). The maximum Gasteiger partial charge on any atom is 0.329 e. The molecule has 7 heteroatoms. The summed E-state index contributed by atoms with van der Waals surface area (Å²) in [6.45, 7) is 1.91. The molecular weight excluding hydrogens is 282 g/mol. The molecule has 0 fully saturated rings. The smallest absolute Gasteiger partial charge is 0.329 e. The summed E-state index contributed by atoms with van der Waals surface area (Å²) in [4.78, 5) is 23.6. The molecule has 1 amide bonds. The van der Waals surface area contributed by atoms with Gasteiger partial charge >= 0.3 is 5.97 Å². The Morgan fingerprint density at radius 3 is 2.70 bits per heavy atom. The van der Waals surface area contributed by atoms with Gasteiger partial charge in [0.25, 0.3) is 5.91 Å². The Bertz CT molecular complexity index is 492. The fraction of sp³-hybridized carbons (Fsp3) is 0.385. The third kappa shape index (κ3) is 4.06. The number of carbonyl (C=O) groups excluding carboxylic acids is 2. The lowest BCUT2D eigenvalue weighted by Gasteiger charge is -2.15. The van der Waals surface area contributed by atoms with Crippen molar-refractivity contribution in [3.05, 3.63) is 23.8 Å². The Morgan fingerprint density at radius 1 is 1.45 bits per heavy atom. The Balaban J connectivity index is 2.81. The highest BCUT2D eigenvalue weighted by Crippen LogP contribution is 2.26. The van der Waals surface area contributed by atoms with Gasteiger partial charge in [-0.15, -0.1) is 0 Å². The largest absolute Gasteiger partial charge is 0.504 e. The van der Waals surface area contributed by atoms with E-state index in [1.54, 1.807) is 6.92 Å². The molecule has 0 spiro atoms. The molecular formula is C13H17NO5S. The van der Waals surface area contributed by atoms with Crippen molar-refractivity contribution in [2.75, 3.05) is 19.5 Å². The first-order chi connectivity index (χ1) is 9.53. The van der Waals surface area contributed by atoms with E-state index in [1.165, 1.54) is 25.3 Å². The lowest BCUT2D eigenvalue weighted by molar-refractivity contribution is -0.144. The van der Waals surface area contributed by atoms with Crippen molar-refractivity contribution >= 4 is 24.5 Å². The van der Waals surface area contributed by atoms with Crippen molar-refractivity contribution in [2.45, 2.75) is 13.0 Å². The van der Waals surface area contributed by atoms with E-state index in [-0.39, 0.29) is 29.4 Å². The lowest BCUT2D eigenvalue weighted by atomic mass is 10.1. The van der Waals surface area contributed by atoms with Crippen LogP contribution in [-0.4, -0.2) is 42.5 Å². The minimum Gasteiger partial charge on any atom is -0.504 e. The van der Waals surface area contributed by atoms with Crippen LogP contribution in [0.5, 0.6) is 11.5 Å². The number of phenolic OH excluding ortho intramolecular Hbond substituents is 1. The molecule has 0 radical (unpaired) electrons. The van der Waals surface area contributed by atoms with Crippen molar-refractivity contribution in [1.82, 2.24) is 5.32 Å². The standard InChI is InChI=1S/C13H17NO5S/c1-3-19-13(17)9(7-20)14-12(16)8-4-5-10(15)11(6-8)18-2/h4-6,9,15,20H,3,7H2,1-2H3,(H,14,16)/t9-/m0/s1. The normalized spacial score (nSPS) is 11.6. The van der Waals surface area contributed by atoms with Crippen LogP contribution in [0.25, 0.3) is 0 Å². The number of esters is 1. The number of nitrogens with one attached hydrogen (secondary N) is 1. The number of hydrogen-bond donors (Lipinski definition) is 3. The van der Waals surface area contributed by atoms with Gasteiger partial charge in [0.1, 0.15) is 6.04 Å². The van der Waals surface area contributed by atoms with E-state index >= 15 is 0 Å². The van der Waals surface area contributed by atoms with E-state index in [1.807, 2.05) is 0 Å². The zero-order valence-electron chi connectivity index (χ0n) is 11.3. The first-order valence-electron chi connectivity index (χ1n) is 5.98. The summed E-state index contributed by atoms with van der Waals surface area (Å²) in [6.07, 6.45) is 0. The minimum atomic E-state index is -0.828. The molecule has 0 heterocycles. The number of thiol groups is 1. The monoisotopic (exact) mass is 299 g/mol. The van der Waals surface area contributed by atoms with Gasteiger partial charge < -0.3 is 19.9 Å². The predicted octanol–water partition coefficient (Wildman–Crippen LogP) is 0.992. The van der Waals surface area contributed by atoms with Crippen LogP contribution in [0.2, 0.25) is 0 Å². The number of rotatable bonds is 6. The fourth-order valence-corrected chi connectivity index (χ4v) is 1.72. The second-order valence-electron chi connectivity index (χ2n) is 3.85. The number of hydrogen-bond acceptors (Lipinski definition) is 6.